The fourth-order valence-electron chi connectivity index (χ4n) is 1.25. The number of carbonyl (C=O) groups is 1. The zero-order valence-electron chi connectivity index (χ0n) is 10.1. The molecule has 0 fully saturated rings. The summed E-state index contributed by atoms with van der Waals surface area (Å²) in [6, 6.07) is 0. The third-order valence-corrected chi connectivity index (χ3v) is 3.05. The number of phosphoric acid groups is 1. The van der Waals surface area contributed by atoms with E-state index in [9.17, 15) is 24.5 Å². The molecule has 10 heteroatoms. The van der Waals surface area contributed by atoms with Gasteiger partial charge in [-0.15, -0.1) is 0 Å². The van der Waals surface area contributed by atoms with Gasteiger partial charge < -0.3 is 24.6 Å². The topological polar surface area (TPSA) is 143 Å². The molecule has 0 aliphatic carbocycles. The van der Waals surface area contributed by atoms with E-state index < -0.39 is 44.1 Å². The number of aliphatic hydroxyl groups excluding tert-OH is 3. The Hall–Kier alpha value is -1.12. The van der Waals surface area contributed by atoms with Gasteiger partial charge in [0.2, 0.25) is 0 Å². The highest BCUT2D eigenvalue weighted by atomic mass is 31.2. The van der Waals surface area contributed by atoms with Gasteiger partial charge in [-0.3, -0.25) is 9.42 Å². The zero-order valence-corrected chi connectivity index (χ0v) is 10.9. The SMILES string of the molecule is CCCOP(=O)(O)OC1=C(O)[C@@H]([C@@H](O)CO)OC1=O. The van der Waals surface area contributed by atoms with Crippen LogP contribution in [0.5, 0.6) is 0 Å². The van der Waals surface area contributed by atoms with Crippen LogP contribution in [0.15, 0.2) is 11.5 Å². The van der Waals surface area contributed by atoms with Gasteiger partial charge in [0.05, 0.1) is 13.2 Å². The van der Waals surface area contributed by atoms with Gasteiger partial charge in [0.25, 0.3) is 5.76 Å². The number of aliphatic hydroxyl groups is 3. The lowest BCUT2D eigenvalue weighted by Crippen LogP contribution is -2.31. The molecule has 0 aromatic heterocycles. The van der Waals surface area contributed by atoms with Crippen LogP contribution in [-0.2, 0) is 23.1 Å². The Morgan fingerprint density at radius 3 is 2.68 bits per heavy atom. The Morgan fingerprint density at radius 1 is 1.53 bits per heavy atom. The van der Waals surface area contributed by atoms with Crippen molar-refractivity contribution in [3.63, 3.8) is 0 Å². The van der Waals surface area contributed by atoms with Gasteiger partial charge in [-0.25, -0.2) is 9.36 Å². The third kappa shape index (κ3) is 3.92. The minimum Gasteiger partial charge on any atom is -0.505 e. The van der Waals surface area contributed by atoms with Gasteiger partial charge in [0.15, 0.2) is 11.9 Å². The summed E-state index contributed by atoms with van der Waals surface area (Å²) in [6.45, 7) is 0.826. The summed E-state index contributed by atoms with van der Waals surface area (Å²) >= 11 is 0. The molecule has 1 aliphatic rings. The van der Waals surface area contributed by atoms with E-state index in [1.807, 2.05) is 0 Å². The fraction of sp³-hybridized carbons (Fsp3) is 0.667. The van der Waals surface area contributed by atoms with Crippen molar-refractivity contribution in [2.24, 2.45) is 0 Å². The van der Waals surface area contributed by atoms with Crippen molar-refractivity contribution in [2.75, 3.05) is 13.2 Å². The molecular formula is C9H15O9P. The molecule has 0 radical (unpaired) electrons. The Bertz CT molecular complexity index is 418. The molecule has 0 aromatic rings. The maximum absolute atomic E-state index is 11.4. The van der Waals surface area contributed by atoms with Crippen LogP contribution >= 0.6 is 7.82 Å². The standard InChI is InChI=1S/C9H15O9P/c1-2-3-16-19(14,15)18-8-6(12)7(5(11)4-10)17-9(8)13/h5,7,10-12H,2-4H2,1H3,(H,14,15)/t5-,7+/m0/s1. The van der Waals surface area contributed by atoms with Crippen LogP contribution in [0.3, 0.4) is 0 Å². The molecule has 1 heterocycles. The molecule has 0 bridgehead atoms. The van der Waals surface area contributed by atoms with E-state index in [1.165, 1.54) is 0 Å². The molecule has 0 aromatic carbocycles. The predicted octanol–water partition coefficient (Wildman–Crippen LogP) is -0.422. The van der Waals surface area contributed by atoms with E-state index in [2.05, 4.69) is 13.8 Å². The van der Waals surface area contributed by atoms with Crippen molar-refractivity contribution in [3.05, 3.63) is 11.5 Å². The zero-order chi connectivity index (χ0) is 14.6. The highest BCUT2D eigenvalue weighted by molar-refractivity contribution is 7.47. The van der Waals surface area contributed by atoms with Crippen LogP contribution in [-0.4, -0.2) is 51.6 Å². The number of carbonyl (C=O) groups excluding carboxylic acids is 1. The molecule has 0 amide bonds. The molecule has 3 atom stereocenters. The van der Waals surface area contributed by atoms with E-state index in [0.29, 0.717) is 6.42 Å². The number of esters is 1. The van der Waals surface area contributed by atoms with Gasteiger partial charge >= 0.3 is 13.8 Å². The number of phosphoric ester groups is 1. The van der Waals surface area contributed by atoms with Gasteiger partial charge in [0.1, 0.15) is 6.10 Å². The highest BCUT2D eigenvalue weighted by Gasteiger charge is 2.43. The predicted molar refractivity (Wildman–Crippen MR) is 59.8 cm³/mol. The van der Waals surface area contributed by atoms with Gasteiger partial charge in [-0.2, -0.15) is 0 Å². The second kappa shape index (κ2) is 6.36. The lowest BCUT2D eigenvalue weighted by Gasteiger charge is -2.14. The fourth-order valence-corrected chi connectivity index (χ4v) is 2.11. The molecular weight excluding hydrogens is 283 g/mol. The van der Waals surface area contributed by atoms with Gasteiger partial charge in [0, 0.05) is 0 Å². The van der Waals surface area contributed by atoms with Crippen molar-refractivity contribution >= 4 is 13.8 Å². The summed E-state index contributed by atoms with van der Waals surface area (Å²) in [7, 11) is -4.56. The molecule has 1 unspecified atom stereocenters. The van der Waals surface area contributed by atoms with E-state index in [0.717, 1.165) is 0 Å². The number of rotatable bonds is 7. The van der Waals surface area contributed by atoms with Crippen LogP contribution in [0, 0.1) is 0 Å². The average Bonchev–Trinajstić information content (AvgIpc) is 2.63. The summed E-state index contributed by atoms with van der Waals surface area (Å²) in [6.07, 6.45) is -2.67. The summed E-state index contributed by atoms with van der Waals surface area (Å²) < 4.78 is 24.8. The van der Waals surface area contributed by atoms with E-state index in [1.54, 1.807) is 6.92 Å². The third-order valence-electron chi connectivity index (χ3n) is 2.12. The largest absolute Gasteiger partial charge is 0.527 e. The highest BCUT2D eigenvalue weighted by Crippen LogP contribution is 2.47. The molecule has 0 saturated carbocycles. The van der Waals surface area contributed by atoms with Crippen LogP contribution in [0.1, 0.15) is 13.3 Å². The van der Waals surface area contributed by atoms with Crippen molar-refractivity contribution in [2.45, 2.75) is 25.6 Å². The minimum atomic E-state index is -4.56. The van der Waals surface area contributed by atoms with E-state index >= 15 is 0 Å². The Kier molecular flexibility index (Phi) is 5.33. The van der Waals surface area contributed by atoms with E-state index in [4.69, 9.17) is 5.11 Å². The van der Waals surface area contributed by atoms with Crippen molar-refractivity contribution in [1.82, 2.24) is 0 Å². The first-order chi connectivity index (χ1) is 8.82. The average molecular weight is 298 g/mol. The number of hydrogen-bond acceptors (Lipinski definition) is 8. The van der Waals surface area contributed by atoms with Gasteiger partial charge in [-0.05, 0) is 6.42 Å². The summed E-state index contributed by atoms with van der Waals surface area (Å²) in [5.41, 5.74) is 0. The first-order valence-corrected chi connectivity index (χ1v) is 6.92. The minimum absolute atomic E-state index is 0.0838. The number of ether oxygens (including phenoxy) is 1. The van der Waals surface area contributed by atoms with Crippen LogP contribution in [0.2, 0.25) is 0 Å². The van der Waals surface area contributed by atoms with Crippen molar-refractivity contribution in [1.29, 1.82) is 0 Å². The van der Waals surface area contributed by atoms with Crippen LogP contribution < -0.4 is 0 Å². The Labute approximate surface area is 108 Å². The second-order valence-corrected chi connectivity index (χ2v) is 5.06. The lowest BCUT2D eigenvalue weighted by molar-refractivity contribution is -0.147. The normalized spacial score (nSPS) is 24.0. The summed E-state index contributed by atoms with van der Waals surface area (Å²) in [5.74, 6) is -3.02. The van der Waals surface area contributed by atoms with Crippen molar-refractivity contribution < 1.29 is 43.4 Å². The monoisotopic (exact) mass is 298 g/mol. The summed E-state index contributed by atoms with van der Waals surface area (Å²) in [4.78, 5) is 20.6. The van der Waals surface area contributed by atoms with Crippen molar-refractivity contribution in [3.8, 4) is 0 Å². The number of cyclic esters (lactones) is 1. The van der Waals surface area contributed by atoms with E-state index in [-0.39, 0.29) is 6.61 Å². The smallest absolute Gasteiger partial charge is 0.505 e. The maximum Gasteiger partial charge on any atom is 0.527 e. The molecule has 0 spiro atoms. The molecule has 4 N–H and O–H groups in total. The van der Waals surface area contributed by atoms with Gasteiger partial charge in [-0.1, -0.05) is 6.92 Å². The molecule has 1 rings (SSSR count). The molecule has 110 valence electrons. The van der Waals surface area contributed by atoms with Crippen LogP contribution in [0.25, 0.3) is 0 Å². The first-order valence-electron chi connectivity index (χ1n) is 5.42. The lowest BCUT2D eigenvalue weighted by atomic mass is 10.2. The molecule has 19 heavy (non-hydrogen) atoms. The van der Waals surface area contributed by atoms with Crippen LogP contribution in [0.4, 0.5) is 0 Å². The molecule has 0 saturated heterocycles. The summed E-state index contributed by atoms with van der Waals surface area (Å²) in [5, 5.41) is 27.5. The Morgan fingerprint density at radius 2 is 2.16 bits per heavy atom. The quantitative estimate of drug-likeness (QED) is 0.364. The maximum atomic E-state index is 11.4. The molecule has 9 nitrogen and oxygen atoms in total. The molecule has 1 aliphatic heterocycles. The second-order valence-electron chi connectivity index (χ2n) is 3.68. The first kappa shape index (κ1) is 15.9. The number of hydrogen-bond donors (Lipinski definition) is 4. The Balaban J connectivity index is 2.84.